The van der Waals surface area contributed by atoms with Gasteiger partial charge in [0, 0.05) is 19.0 Å². The van der Waals surface area contributed by atoms with Gasteiger partial charge in [-0.2, -0.15) is 0 Å². The van der Waals surface area contributed by atoms with Gasteiger partial charge < -0.3 is 20.1 Å². The molecule has 0 atom stereocenters. The van der Waals surface area contributed by atoms with Crippen molar-refractivity contribution in [1.29, 1.82) is 0 Å². The summed E-state index contributed by atoms with van der Waals surface area (Å²) in [7, 11) is 3.34. The molecule has 0 aliphatic carbocycles. The van der Waals surface area contributed by atoms with Crippen molar-refractivity contribution in [3.05, 3.63) is 22.7 Å². The molecule has 6 nitrogen and oxygen atoms in total. The largest absolute Gasteiger partial charge is 0.496 e. The summed E-state index contributed by atoms with van der Waals surface area (Å²) in [6.45, 7) is 3.72. The van der Waals surface area contributed by atoms with Crippen LogP contribution in [0.15, 0.2) is 12.1 Å². The third-order valence-electron chi connectivity index (χ3n) is 3.41. The molecule has 0 bridgehead atoms. The van der Waals surface area contributed by atoms with Crippen LogP contribution in [0.1, 0.15) is 36.5 Å². The number of carboxylic acid groups (broad SMARTS) is 1. The number of aromatic carboxylic acids is 1. The lowest BCUT2D eigenvalue weighted by molar-refractivity contribution is -0.116. The predicted octanol–water partition coefficient (Wildman–Crippen LogP) is 3.11. The number of methoxy groups -OCH3 is 1. The predicted molar refractivity (Wildman–Crippen MR) is 90.6 cm³/mol. The van der Waals surface area contributed by atoms with Crippen molar-refractivity contribution in [2.45, 2.75) is 26.2 Å². The molecule has 7 heteroatoms. The molecule has 0 radical (unpaired) electrons. The van der Waals surface area contributed by atoms with Crippen LogP contribution in [0.2, 0.25) is 5.02 Å². The number of carboxylic acids is 1. The van der Waals surface area contributed by atoms with E-state index in [-0.39, 0.29) is 22.2 Å². The zero-order valence-corrected chi connectivity index (χ0v) is 14.4. The summed E-state index contributed by atoms with van der Waals surface area (Å²) in [5.41, 5.74) is 0.296. The molecule has 0 unspecified atom stereocenters. The molecule has 0 saturated heterocycles. The first kappa shape index (κ1) is 19.3. The van der Waals surface area contributed by atoms with Gasteiger partial charge in [0.2, 0.25) is 5.91 Å². The topological polar surface area (TPSA) is 78.9 Å². The average Bonchev–Trinajstić information content (AvgIpc) is 2.52. The Labute approximate surface area is 141 Å². The minimum Gasteiger partial charge on any atom is -0.496 e. The van der Waals surface area contributed by atoms with E-state index >= 15 is 0 Å². The second-order valence-electron chi connectivity index (χ2n) is 5.29. The minimum absolute atomic E-state index is 0.0465. The summed E-state index contributed by atoms with van der Waals surface area (Å²) in [6.07, 6.45) is 2.54. The summed E-state index contributed by atoms with van der Waals surface area (Å²) < 4.78 is 5.03. The summed E-state index contributed by atoms with van der Waals surface area (Å²) in [6, 6.07) is 2.69. The number of halogens is 1. The van der Waals surface area contributed by atoms with Crippen molar-refractivity contribution in [2.24, 2.45) is 0 Å². The molecule has 0 heterocycles. The summed E-state index contributed by atoms with van der Waals surface area (Å²) in [5, 5.41) is 11.9. The highest BCUT2D eigenvalue weighted by Crippen LogP contribution is 2.31. The molecule has 0 aromatic heterocycles. The summed E-state index contributed by atoms with van der Waals surface area (Å²) >= 11 is 6.03. The molecular formula is C16H23ClN2O4. The van der Waals surface area contributed by atoms with Crippen molar-refractivity contribution in [2.75, 3.05) is 32.6 Å². The quantitative estimate of drug-likeness (QED) is 0.721. The number of hydrogen-bond acceptors (Lipinski definition) is 4. The number of nitrogens with zero attached hydrogens (tertiary/aromatic N) is 1. The molecule has 0 aliphatic heterocycles. The van der Waals surface area contributed by atoms with Gasteiger partial charge in [0.25, 0.3) is 0 Å². The van der Waals surface area contributed by atoms with Gasteiger partial charge in [-0.05, 0) is 26.1 Å². The Hall–Kier alpha value is -1.79. The van der Waals surface area contributed by atoms with Crippen molar-refractivity contribution in [1.82, 2.24) is 4.90 Å². The van der Waals surface area contributed by atoms with Crippen LogP contribution >= 0.6 is 11.6 Å². The molecule has 128 valence electrons. The number of rotatable bonds is 9. The number of carbonyl (C=O) groups is 2. The molecule has 1 aromatic rings. The molecule has 0 spiro atoms. The normalized spacial score (nSPS) is 10.7. The van der Waals surface area contributed by atoms with Crippen LogP contribution in [0, 0.1) is 0 Å². The van der Waals surface area contributed by atoms with Crippen LogP contribution in [0.4, 0.5) is 5.69 Å². The Morgan fingerprint density at radius 2 is 2.04 bits per heavy atom. The number of carbonyl (C=O) groups excluding carboxylic acids is 1. The van der Waals surface area contributed by atoms with E-state index in [0.717, 1.165) is 19.4 Å². The van der Waals surface area contributed by atoms with Gasteiger partial charge in [0.15, 0.2) is 0 Å². The van der Waals surface area contributed by atoms with E-state index in [4.69, 9.17) is 21.4 Å². The lowest BCUT2D eigenvalue weighted by atomic mass is 10.1. The molecule has 0 fully saturated rings. The van der Waals surface area contributed by atoms with Gasteiger partial charge in [-0.25, -0.2) is 4.79 Å². The van der Waals surface area contributed by atoms with E-state index in [1.54, 1.807) is 0 Å². The highest BCUT2D eigenvalue weighted by Gasteiger charge is 2.16. The number of amides is 1. The van der Waals surface area contributed by atoms with E-state index < -0.39 is 5.97 Å². The average molecular weight is 343 g/mol. The molecule has 23 heavy (non-hydrogen) atoms. The highest BCUT2D eigenvalue weighted by atomic mass is 35.5. The third kappa shape index (κ3) is 6.08. The third-order valence-corrected chi connectivity index (χ3v) is 3.72. The maximum atomic E-state index is 12.0. The number of benzene rings is 1. The highest BCUT2D eigenvalue weighted by molar-refractivity contribution is 6.34. The first-order chi connectivity index (χ1) is 10.9. The number of nitrogens with one attached hydrogen (secondary N) is 1. The summed E-state index contributed by atoms with van der Waals surface area (Å²) in [4.78, 5) is 25.2. The maximum Gasteiger partial charge on any atom is 0.339 e. The van der Waals surface area contributed by atoms with Gasteiger partial charge in [-0.3, -0.25) is 4.79 Å². The van der Waals surface area contributed by atoms with Gasteiger partial charge in [0.05, 0.1) is 17.8 Å². The van der Waals surface area contributed by atoms with E-state index in [0.29, 0.717) is 18.7 Å². The van der Waals surface area contributed by atoms with E-state index in [9.17, 15) is 9.59 Å². The fraction of sp³-hybridized carbons (Fsp3) is 0.500. The van der Waals surface area contributed by atoms with E-state index in [2.05, 4.69) is 17.1 Å². The SMILES string of the molecule is CCCCN(C)CCC(=O)Nc1cc(OC)c(C(=O)O)cc1Cl. The standard InChI is InChI=1S/C16H23ClN2O4/c1-4-5-7-19(2)8-6-15(20)18-13-10-14(23-3)11(16(21)22)9-12(13)17/h9-10H,4-8H2,1-3H3,(H,18,20)(H,21,22). The fourth-order valence-electron chi connectivity index (χ4n) is 2.03. The van der Waals surface area contributed by atoms with Gasteiger partial charge in [0.1, 0.15) is 11.3 Å². The molecule has 1 rings (SSSR count). The first-order valence-corrected chi connectivity index (χ1v) is 7.86. The molecule has 2 N–H and O–H groups in total. The molecule has 0 aliphatic rings. The van der Waals surface area contributed by atoms with Crippen molar-refractivity contribution in [3.8, 4) is 5.75 Å². The Bertz CT molecular complexity index is 563. The van der Waals surface area contributed by atoms with Crippen molar-refractivity contribution in [3.63, 3.8) is 0 Å². The Kier molecular flexibility index (Phi) is 7.85. The minimum atomic E-state index is -1.14. The zero-order valence-electron chi connectivity index (χ0n) is 13.7. The van der Waals surface area contributed by atoms with Gasteiger partial charge >= 0.3 is 5.97 Å². The van der Waals surface area contributed by atoms with Crippen molar-refractivity contribution < 1.29 is 19.4 Å². The second kappa shape index (κ2) is 9.37. The van der Waals surface area contributed by atoms with Crippen LogP contribution < -0.4 is 10.1 Å². The lowest BCUT2D eigenvalue weighted by Crippen LogP contribution is -2.25. The van der Waals surface area contributed by atoms with Crippen LogP contribution in [0.25, 0.3) is 0 Å². The molecular weight excluding hydrogens is 320 g/mol. The Morgan fingerprint density at radius 1 is 1.35 bits per heavy atom. The fourth-order valence-corrected chi connectivity index (χ4v) is 2.24. The van der Waals surface area contributed by atoms with Crippen LogP contribution in [-0.2, 0) is 4.79 Å². The summed E-state index contributed by atoms with van der Waals surface area (Å²) in [5.74, 6) is -1.17. The zero-order chi connectivity index (χ0) is 17.4. The Morgan fingerprint density at radius 3 is 2.61 bits per heavy atom. The van der Waals surface area contributed by atoms with Crippen LogP contribution in [-0.4, -0.2) is 49.1 Å². The second-order valence-corrected chi connectivity index (χ2v) is 5.70. The molecule has 1 aromatic carbocycles. The van der Waals surface area contributed by atoms with E-state index in [1.807, 2.05) is 7.05 Å². The van der Waals surface area contributed by atoms with Crippen LogP contribution in [0.3, 0.4) is 0 Å². The molecule has 0 saturated carbocycles. The number of ether oxygens (including phenoxy) is 1. The van der Waals surface area contributed by atoms with Crippen LogP contribution in [0.5, 0.6) is 5.75 Å². The maximum absolute atomic E-state index is 12.0. The van der Waals surface area contributed by atoms with E-state index in [1.165, 1.54) is 19.2 Å². The van der Waals surface area contributed by atoms with Gasteiger partial charge in [-0.1, -0.05) is 24.9 Å². The smallest absolute Gasteiger partial charge is 0.339 e. The number of hydrogen-bond donors (Lipinski definition) is 2. The molecule has 1 amide bonds. The van der Waals surface area contributed by atoms with Crippen molar-refractivity contribution >= 4 is 29.2 Å². The number of anilines is 1. The van der Waals surface area contributed by atoms with Gasteiger partial charge in [-0.15, -0.1) is 0 Å². The first-order valence-electron chi connectivity index (χ1n) is 7.48. The number of unbranched alkanes of at least 4 members (excludes halogenated alkanes) is 1. The Balaban J connectivity index is 2.69. The lowest BCUT2D eigenvalue weighted by Gasteiger charge is -2.16. The monoisotopic (exact) mass is 342 g/mol.